The van der Waals surface area contributed by atoms with Crippen molar-refractivity contribution in [3.8, 4) is 11.8 Å². The van der Waals surface area contributed by atoms with Crippen molar-refractivity contribution < 1.29 is 17.9 Å². The summed E-state index contributed by atoms with van der Waals surface area (Å²) in [7, 11) is -3.87. The molecular weight excluding hydrogens is 464 g/mol. The number of Topliss-reactive ketones (excluding diaryl/α,β-unsaturated/α-hetero) is 1. The predicted octanol–water partition coefficient (Wildman–Crippen LogP) is 3.67. The van der Waals surface area contributed by atoms with Crippen LogP contribution in [-0.2, 0) is 14.8 Å². The number of benzene rings is 2. The first kappa shape index (κ1) is 24.5. The van der Waals surface area contributed by atoms with Gasteiger partial charge in [-0.05, 0) is 60.7 Å². The fourth-order valence-corrected chi connectivity index (χ4v) is 5.36. The van der Waals surface area contributed by atoms with Gasteiger partial charge < -0.3 is 10.5 Å². The molecule has 0 spiro atoms. The monoisotopic (exact) mass is 492 g/mol. The summed E-state index contributed by atoms with van der Waals surface area (Å²) in [6, 6.07) is 15.5. The number of sulfonamides is 1. The van der Waals surface area contributed by atoms with Crippen molar-refractivity contribution in [2.45, 2.75) is 44.4 Å². The second-order valence-electron chi connectivity index (χ2n) is 9.52. The van der Waals surface area contributed by atoms with Crippen molar-refractivity contribution in [3.05, 3.63) is 76.8 Å². The first-order valence-electron chi connectivity index (χ1n) is 11.3. The molecule has 1 heterocycles. The highest BCUT2D eigenvalue weighted by Crippen LogP contribution is 2.50. The zero-order valence-corrected chi connectivity index (χ0v) is 20.7. The van der Waals surface area contributed by atoms with Gasteiger partial charge in [-0.15, -0.1) is 0 Å². The molecule has 182 valence electrons. The number of anilines is 1. The molecule has 0 bridgehead atoms. The average Bonchev–Trinajstić information content (AvgIpc) is 2.78. The van der Waals surface area contributed by atoms with Gasteiger partial charge in [0, 0.05) is 23.4 Å². The molecule has 4 N–H and O–H groups in total. The van der Waals surface area contributed by atoms with Gasteiger partial charge in [0.1, 0.15) is 11.6 Å². The van der Waals surface area contributed by atoms with Gasteiger partial charge in [-0.25, -0.2) is 13.6 Å². The Bertz CT molecular complexity index is 1380. The van der Waals surface area contributed by atoms with Crippen LogP contribution in [0.5, 0.6) is 5.75 Å². The number of hydrogen-bond donors (Lipinski definition) is 2. The highest BCUT2D eigenvalue weighted by Gasteiger charge is 2.44. The first-order chi connectivity index (χ1) is 16.5. The van der Waals surface area contributed by atoms with Crippen LogP contribution in [0.25, 0.3) is 0 Å². The maximum Gasteiger partial charge on any atom is 0.238 e. The maximum atomic E-state index is 13.6. The molecule has 9 heteroatoms. The second-order valence-corrected chi connectivity index (χ2v) is 11.1. The Balaban J connectivity index is 1.92. The molecule has 0 fully saturated rings. The molecule has 1 aliphatic heterocycles. The van der Waals surface area contributed by atoms with Crippen LogP contribution in [-0.4, -0.2) is 20.8 Å². The van der Waals surface area contributed by atoms with Gasteiger partial charge in [0.05, 0.1) is 29.1 Å². The lowest BCUT2D eigenvalue weighted by Crippen LogP contribution is -2.42. The van der Waals surface area contributed by atoms with Gasteiger partial charge >= 0.3 is 0 Å². The van der Waals surface area contributed by atoms with Crippen molar-refractivity contribution >= 4 is 21.5 Å². The van der Waals surface area contributed by atoms with Gasteiger partial charge in [0.15, 0.2) is 5.78 Å². The van der Waals surface area contributed by atoms with E-state index >= 15 is 0 Å². The summed E-state index contributed by atoms with van der Waals surface area (Å²) in [5.74, 6) is 0.263. The number of nitriles is 1. The number of ether oxygens (including phenoxy) is 1. The van der Waals surface area contributed by atoms with E-state index in [1.165, 1.54) is 12.1 Å². The fourth-order valence-electron chi connectivity index (χ4n) is 4.85. The first-order valence-corrected chi connectivity index (χ1v) is 12.8. The molecule has 2 aliphatic rings. The standard InChI is InChI=1S/C26H28N4O4S/c1-4-34-18-9-5-16(6-10-18)23-20(15-27)25(28)30(17-7-11-19(12-8-17)35(29,32)33)21-13-26(2,3)14-22(31)24(21)23/h5-12,23H,4,13-14,28H2,1-3H3,(H2,29,32,33). The van der Waals surface area contributed by atoms with Gasteiger partial charge in [-0.2, -0.15) is 5.26 Å². The molecule has 0 radical (unpaired) electrons. The number of primary sulfonamides is 1. The largest absolute Gasteiger partial charge is 0.494 e. The topological polar surface area (TPSA) is 140 Å². The molecular formula is C26H28N4O4S. The summed E-state index contributed by atoms with van der Waals surface area (Å²) in [5, 5.41) is 15.4. The zero-order valence-electron chi connectivity index (χ0n) is 19.9. The number of carbonyl (C=O) groups is 1. The van der Waals surface area contributed by atoms with E-state index in [-0.39, 0.29) is 27.5 Å². The Hall–Kier alpha value is -3.61. The summed E-state index contributed by atoms with van der Waals surface area (Å²) < 4.78 is 29.0. The van der Waals surface area contributed by atoms with E-state index in [1.807, 2.05) is 45.0 Å². The predicted molar refractivity (Wildman–Crippen MR) is 133 cm³/mol. The van der Waals surface area contributed by atoms with Crippen molar-refractivity contribution in [1.29, 1.82) is 5.26 Å². The molecule has 4 rings (SSSR count). The number of hydrogen-bond acceptors (Lipinski definition) is 7. The van der Waals surface area contributed by atoms with Crippen molar-refractivity contribution in [1.82, 2.24) is 0 Å². The molecule has 8 nitrogen and oxygen atoms in total. The summed E-state index contributed by atoms with van der Waals surface area (Å²) >= 11 is 0. The molecule has 0 amide bonds. The van der Waals surface area contributed by atoms with Crippen LogP contribution < -0.4 is 20.5 Å². The third kappa shape index (κ3) is 4.55. The van der Waals surface area contributed by atoms with Crippen molar-refractivity contribution in [2.24, 2.45) is 16.3 Å². The van der Waals surface area contributed by atoms with Gasteiger partial charge in [0.2, 0.25) is 10.0 Å². The highest BCUT2D eigenvalue weighted by molar-refractivity contribution is 7.89. The molecule has 1 atom stereocenters. The summed E-state index contributed by atoms with van der Waals surface area (Å²) in [6.07, 6.45) is 0.897. The maximum absolute atomic E-state index is 13.6. The van der Waals surface area contributed by atoms with E-state index in [4.69, 9.17) is 15.6 Å². The molecule has 0 aromatic heterocycles. The van der Waals surface area contributed by atoms with Crippen LogP contribution >= 0.6 is 0 Å². The van der Waals surface area contributed by atoms with Gasteiger partial charge in [-0.1, -0.05) is 26.0 Å². The van der Waals surface area contributed by atoms with Crippen LogP contribution in [0.1, 0.15) is 45.1 Å². The number of ketones is 1. The minimum Gasteiger partial charge on any atom is -0.494 e. The van der Waals surface area contributed by atoms with Crippen molar-refractivity contribution in [2.75, 3.05) is 11.5 Å². The van der Waals surface area contributed by atoms with E-state index in [1.54, 1.807) is 17.0 Å². The van der Waals surface area contributed by atoms with E-state index in [9.17, 15) is 18.5 Å². The van der Waals surface area contributed by atoms with Crippen LogP contribution in [0.15, 0.2) is 76.1 Å². The minimum absolute atomic E-state index is 0.0390. The molecule has 2 aromatic rings. The number of rotatable bonds is 5. The molecule has 2 aromatic carbocycles. The number of allylic oxidation sites excluding steroid dienone is 3. The molecule has 1 aliphatic carbocycles. The Kier molecular flexibility index (Phi) is 6.21. The summed E-state index contributed by atoms with van der Waals surface area (Å²) in [6.45, 7) is 6.46. The number of nitrogens with two attached hydrogens (primary N) is 2. The lowest BCUT2D eigenvalue weighted by molar-refractivity contribution is -0.118. The molecule has 0 saturated carbocycles. The minimum atomic E-state index is -3.87. The summed E-state index contributed by atoms with van der Waals surface area (Å²) in [5.41, 5.74) is 9.12. The Morgan fingerprint density at radius 2 is 1.74 bits per heavy atom. The van der Waals surface area contributed by atoms with Crippen LogP contribution in [0.3, 0.4) is 0 Å². The normalized spacial score (nSPS) is 19.9. The smallest absolute Gasteiger partial charge is 0.238 e. The van der Waals surface area contributed by atoms with E-state index in [2.05, 4.69) is 6.07 Å². The molecule has 35 heavy (non-hydrogen) atoms. The van der Waals surface area contributed by atoms with Crippen LogP contribution in [0.4, 0.5) is 5.69 Å². The number of nitrogens with zero attached hydrogens (tertiary/aromatic N) is 2. The zero-order chi connectivity index (χ0) is 25.5. The molecule has 0 saturated heterocycles. The third-order valence-electron chi connectivity index (χ3n) is 6.33. The summed E-state index contributed by atoms with van der Waals surface area (Å²) in [4.78, 5) is 15.2. The average molecular weight is 493 g/mol. The SMILES string of the molecule is CCOc1ccc(C2C(C#N)=C(N)N(c3ccc(S(N)(=O)=O)cc3)C3=C2C(=O)CC(C)(C)C3)cc1. The third-order valence-corrected chi connectivity index (χ3v) is 7.26. The number of carbonyl (C=O) groups excluding carboxylic acids is 1. The Morgan fingerprint density at radius 3 is 2.29 bits per heavy atom. The lowest BCUT2D eigenvalue weighted by Gasteiger charge is -2.43. The Labute approximate surface area is 205 Å². The van der Waals surface area contributed by atoms with Crippen LogP contribution in [0, 0.1) is 16.7 Å². The van der Waals surface area contributed by atoms with Crippen LogP contribution in [0.2, 0.25) is 0 Å². The van der Waals surface area contributed by atoms with E-state index < -0.39 is 15.9 Å². The lowest BCUT2D eigenvalue weighted by atomic mass is 9.68. The van der Waals surface area contributed by atoms with Crippen molar-refractivity contribution in [3.63, 3.8) is 0 Å². The molecule has 1 unspecified atom stereocenters. The highest BCUT2D eigenvalue weighted by atomic mass is 32.2. The second kappa shape index (κ2) is 8.87. The van der Waals surface area contributed by atoms with E-state index in [0.29, 0.717) is 42.2 Å². The van der Waals surface area contributed by atoms with Gasteiger partial charge in [0.25, 0.3) is 0 Å². The quantitative estimate of drug-likeness (QED) is 0.649. The van der Waals surface area contributed by atoms with Gasteiger partial charge in [-0.3, -0.25) is 9.69 Å². The Morgan fingerprint density at radius 1 is 1.11 bits per heavy atom. The van der Waals surface area contributed by atoms with E-state index in [0.717, 1.165) is 5.56 Å². The fraction of sp³-hybridized carbons (Fsp3) is 0.308.